The fourth-order valence-electron chi connectivity index (χ4n) is 2.11. The van der Waals surface area contributed by atoms with Crippen LogP contribution >= 0.6 is 11.3 Å². The minimum atomic E-state index is -3.62. The van der Waals surface area contributed by atoms with E-state index in [1.54, 1.807) is 18.2 Å². The van der Waals surface area contributed by atoms with Crippen LogP contribution in [0.1, 0.15) is 10.4 Å². The summed E-state index contributed by atoms with van der Waals surface area (Å²) in [5, 5.41) is 0. The lowest BCUT2D eigenvalue weighted by Crippen LogP contribution is -2.38. The maximum absolute atomic E-state index is 12.2. The van der Waals surface area contributed by atoms with Crippen LogP contribution in [0.3, 0.4) is 0 Å². The molecular formula is C15H20N2O4S3. The van der Waals surface area contributed by atoms with Crippen LogP contribution in [-0.2, 0) is 20.0 Å². The Labute approximate surface area is 147 Å². The third kappa shape index (κ3) is 4.79. The first-order valence-electron chi connectivity index (χ1n) is 7.20. The van der Waals surface area contributed by atoms with Gasteiger partial charge in [0.25, 0.3) is 0 Å². The van der Waals surface area contributed by atoms with Crippen molar-refractivity contribution in [2.75, 3.05) is 23.7 Å². The average Bonchev–Trinajstić information content (AvgIpc) is 2.91. The molecule has 0 spiro atoms. The van der Waals surface area contributed by atoms with E-state index in [1.165, 1.54) is 21.7 Å². The Hall–Kier alpha value is -1.42. The lowest BCUT2D eigenvalue weighted by molar-refractivity contribution is 0.580. The third-order valence-corrected chi connectivity index (χ3v) is 7.46. The maximum Gasteiger partial charge on any atom is 0.250 e. The molecule has 0 atom stereocenters. The standard InChI is InChI=1S/C15H20N2O4S3/c1-12-4-7-14(8-5-12)17(23(3,18)19)11-10-16-24(20,21)15-9-6-13(2)22-15/h4-9,16H,10-11H2,1-3H3. The van der Waals surface area contributed by atoms with E-state index in [2.05, 4.69) is 4.72 Å². The van der Waals surface area contributed by atoms with E-state index in [9.17, 15) is 16.8 Å². The van der Waals surface area contributed by atoms with Gasteiger partial charge in [-0.25, -0.2) is 21.6 Å². The zero-order valence-electron chi connectivity index (χ0n) is 13.7. The Morgan fingerprint density at radius 3 is 2.12 bits per heavy atom. The van der Waals surface area contributed by atoms with Gasteiger partial charge in [0.2, 0.25) is 20.0 Å². The molecule has 132 valence electrons. The van der Waals surface area contributed by atoms with Crippen molar-refractivity contribution in [3.63, 3.8) is 0 Å². The molecule has 0 aliphatic carbocycles. The van der Waals surface area contributed by atoms with Crippen LogP contribution in [0.5, 0.6) is 0 Å². The first-order valence-corrected chi connectivity index (χ1v) is 11.3. The fraction of sp³-hybridized carbons (Fsp3) is 0.333. The molecule has 1 aromatic carbocycles. The number of nitrogens with zero attached hydrogens (tertiary/aromatic N) is 1. The van der Waals surface area contributed by atoms with Crippen LogP contribution in [0.4, 0.5) is 5.69 Å². The Kier molecular flexibility index (Phi) is 5.69. The second kappa shape index (κ2) is 7.22. The van der Waals surface area contributed by atoms with E-state index in [0.717, 1.165) is 16.7 Å². The zero-order valence-corrected chi connectivity index (χ0v) is 16.1. The second-order valence-corrected chi connectivity index (χ2v) is 10.6. The summed E-state index contributed by atoms with van der Waals surface area (Å²) in [6.07, 6.45) is 1.10. The molecule has 0 aliphatic heterocycles. The predicted molar refractivity (Wildman–Crippen MR) is 97.6 cm³/mol. The molecule has 9 heteroatoms. The number of hydrogen-bond donors (Lipinski definition) is 1. The van der Waals surface area contributed by atoms with Gasteiger partial charge in [0.1, 0.15) is 4.21 Å². The van der Waals surface area contributed by atoms with Gasteiger partial charge in [0.05, 0.1) is 11.9 Å². The van der Waals surface area contributed by atoms with E-state index in [1.807, 2.05) is 26.0 Å². The van der Waals surface area contributed by atoms with Crippen molar-refractivity contribution < 1.29 is 16.8 Å². The monoisotopic (exact) mass is 388 g/mol. The molecule has 2 aromatic rings. The van der Waals surface area contributed by atoms with Gasteiger partial charge in [0.15, 0.2) is 0 Å². The van der Waals surface area contributed by atoms with Crippen molar-refractivity contribution >= 4 is 37.1 Å². The molecule has 0 saturated heterocycles. The molecule has 0 unspecified atom stereocenters. The molecule has 1 N–H and O–H groups in total. The van der Waals surface area contributed by atoms with Crippen molar-refractivity contribution in [2.45, 2.75) is 18.1 Å². The molecule has 1 aromatic heterocycles. The summed E-state index contributed by atoms with van der Waals surface area (Å²) in [5.41, 5.74) is 1.52. The normalized spacial score (nSPS) is 12.3. The van der Waals surface area contributed by atoms with Crippen molar-refractivity contribution in [3.05, 3.63) is 46.8 Å². The number of sulfonamides is 2. The molecule has 0 saturated carbocycles. The van der Waals surface area contributed by atoms with Crippen molar-refractivity contribution in [1.82, 2.24) is 4.72 Å². The highest BCUT2D eigenvalue weighted by atomic mass is 32.2. The summed E-state index contributed by atoms with van der Waals surface area (Å²) in [6.45, 7) is 3.74. The van der Waals surface area contributed by atoms with Crippen LogP contribution in [0, 0.1) is 13.8 Å². The second-order valence-electron chi connectivity index (χ2n) is 5.43. The van der Waals surface area contributed by atoms with Gasteiger partial charge in [-0.1, -0.05) is 17.7 Å². The zero-order chi connectivity index (χ0) is 18.0. The largest absolute Gasteiger partial charge is 0.269 e. The Morgan fingerprint density at radius 1 is 1.00 bits per heavy atom. The van der Waals surface area contributed by atoms with E-state index in [4.69, 9.17) is 0 Å². The molecule has 0 aliphatic rings. The highest BCUT2D eigenvalue weighted by Crippen LogP contribution is 2.21. The minimum Gasteiger partial charge on any atom is -0.269 e. The summed E-state index contributed by atoms with van der Waals surface area (Å²) < 4.78 is 52.2. The predicted octanol–water partition coefficient (Wildman–Crippen LogP) is 2.11. The fourth-order valence-corrected chi connectivity index (χ4v) is 5.38. The Bertz CT molecular complexity index is 900. The van der Waals surface area contributed by atoms with Crippen LogP contribution in [-0.4, -0.2) is 36.2 Å². The van der Waals surface area contributed by atoms with Crippen molar-refractivity contribution in [3.8, 4) is 0 Å². The van der Waals surface area contributed by atoms with Crippen molar-refractivity contribution in [2.24, 2.45) is 0 Å². The third-order valence-electron chi connectivity index (χ3n) is 3.31. The summed E-state index contributed by atoms with van der Waals surface area (Å²) in [4.78, 5) is 0.896. The van der Waals surface area contributed by atoms with E-state index in [-0.39, 0.29) is 17.3 Å². The SMILES string of the molecule is Cc1ccc(N(CCNS(=O)(=O)c2ccc(C)s2)S(C)(=O)=O)cc1. The van der Waals surface area contributed by atoms with Gasteiger partial charge in [-0.05, 0) is 38.1 Å². The van der Waals surface area contributed by atoms with Crippen LogP contribution in [0.2, 0.25) is 0 Å². The smallest absolute Gasteiger partial charge is 0.250 e. The van der Waals surface area contributed by atoms with Crippen LogP contribution < -0.4 is 9.03 Å². The topological polar surface area (TPSA) is 83.6 Å². The molecule has 0 fully saturated rings. The number of hydrogen-bond acceptors (Lipinski definition) is 5. The first kappa shape index (κ1) is 18.9. The molecule has 0 amide bonds. The van der Waals surface area contributed by atoms with Crippen molar-refractivity contribution in [1.29, 1.82) is 0 Å². The molecule has 6 nitrogen and oxygen atoms in total. The maximum atomic E-state index is 12.2. The number of benzene rings is 1. The van der Waals surface area contributed by atoms with Gasteiger partial charge in [-0.3, -0.25) is 4.31 Å². The van der Waals surface area contributed by atoms with Gasteiger partial charge in [0, 0.05) is 18.0 Å². The lowest BCUT2D eigenvalue weighted by atomic mass is 10.2. The number of thiophene rings is 1. The number of aryl methyl sites for hydroxylation is 2. The highest BCUT2D eigenvalue weighted by Gasteiger charge is 2.20. The highest BCUT2D eigenvalue weighted by molar-refractivity contribution is 7.92. The van der Waals surface area contributed by atoms with E-state index >= 15 is 0 Å². The summed E-state index contributed by atoms with van der Waals surface area (Å²) in [7, 11) is -7.13. The molecular weight excluding hydrogens is 368 g/mol. The first-order chi connectivity index (χ1) is 11.1. The number of rotatable bonds is 7. The van der Waals surface area contributed by atoms with Crippen LogP contribution in [0.25, 0.3) is 0 Å². The Morgan fingerprint density at radius 2 is 1.62 bits per heavy atom. The lowest BCUT2D eigenvalue weighted by Gasteiger charge is -2.22. The van der Waals surface area contributed by atoms with Crippen LogP contribution in [0.15, 0.2) is 40.6 Å². The number of nitrogens with one attached hydrogen (secondary N) is 1. The summed E-state index contributed by atoms with van der Waals surface area (Å²) in [5.74, 6) is 0. The van der Waals surface area contributed by atoms with Gasteiger partial charge in [-0.2, -0.15) is 0 Å². The Balaban J connectivity index is 2.10. The molecule has 0 bridgehead atoms. The van der Waals surface area contributed by atoms with Gasteiger partial charge in [-0.15, -0.1) is 11.3 Å². The molecule has 0 radical (unpaired) electrons. The summed E-state index contributed by atoms with van der Waals surface area (Å²) >= 11 is 1.17. The minimum absolute atomic E-state index is 0.0137. The van der Waals surface area contributed by atoms with Gasteiger partial charge >= 0.3 is 0 Å². The summed E-state index contributed by atoms with van der Waals surface area (Å²) in [6, 6.07) is 10.3. The molecule has 1 heterocycles. The molecule has 24 heavy (non-hydrogen) atoms. The molecule has 2 rings (SSSR count). The van der Waals surface area contributed by atoms with Gasteiger partial charge < -0.3 is 0 Å². The van der Waals surface area contributed by atoms with E-state index < -0.39 is 20.0 Å². The van der Waals surface area contributed by atoms with E-state index in [0.29, 0.717) is 5.69 Å². The average molecular weight is 389 g/mol. The quantitative estimate of drug-likeness (QED) is 0.787. The number of anilines is 1.